The van der Waals surface area contributed by atoms with E-state index in [1.165, 1.54) is 0 Å². The summed E-state index contributed by atoms with van der Waals surface area (Å²) < 4.78 is 7.56. The molecule has 1 amide bonds. The lowest BCUT2D eigenvalue weighted by atomic mass is 10.1. The topological polar surface area (TPSA) is 56.2 Å². The molecule has 0 unspecified atom stereocenters. The summed E-state index contributed by atoms with van der Waals surface area (Å²) in [7, 11) is 0. The van der Waals surface area contributed by atoms with E-state index in [9.17, 15) is 4.79 Å². The predicted molar refractivity (Wildman–Crippen MR) is 112 cm³/mol. The van der Waals surface area contributed by atoms with E-state index in [-0.39, 0.29) is 5.91 Å². The Balaban J connectivity index is 1.36. The molecule has 5 heteroatoms. The minimum Gasteiger partial charge on any atom is -0.489 e. The lowest BCUT2D eigenvalue weighted by molar-refractivity contribution is 0.0951. The highest BCUT2D eigenvalue weighted by Crippen LogP contribution is 2.16. The highest BCUT2D eigenvalue weighted by atomic mass is 16.5. The summed E-state index contributed by atoms with van der Waals surface area (Å²) in [5.41, 5.74) is 3.63. The van der Waals surface area contributed by atoms with Gasteiger partial charge in [-0.05, 0) is 47.5 Å². The Morgan fingerprint density at radius 1 is 0.897 bits per heavy atom. The predicted octanol–water partition coefficient (Wildman–Crippen LogP) is 4.38. The van der Waals surface area contributed by atoms with Crippen LogP contribution in [-0.4, -0.2) is 15.7 Å². The minimum atomic E-state index is -0.130. The van der Waals surface area contributed by atoms with Crippen LogP contribution in [0.4, 0.5) is 0 Å². The number of carbonyl (C=O) groups excluding carboxylic acids is 1. The van der Waals surface area contributed by atoms with Gasteiger partial charge in [-0.1, -0.05) is 48.5 Å². The maximum absolute atomic E-state index is 12.5. The minimum absolute atomic E-state index is 0.130. The van der Waals surface area contributed by atoms with Gasteiger partial charge >= 0.3 is 0 Å². The van der Waals surface area contributed by atoms with E-state index in [1.54, 1.807) is 23.0 Å². The monoisotopic (exact) mass is 383 g/mol. The van der Waals surface area contributed by atoms with E-state index < -0.39 is 0 Å². The van der Waals surface area contributed by atoms with E-state index in [4.69, 9.17) is 4.74 Å². The van der Waals surface area contributed by atoms with Crippen molar-refractivity contribution in [3.63, 3.8) is 0 Å². The first-order valence-electron chi connectivity index (χ1n) is 9.42. The van der Waals surface area contributed by atoms with Crippen LogP contribution < -0.4 is 10.1 Å². The van der Waals surface area contributed by atoms with Crippen molar-refractivity contribution >= 4 is 5.91 Å². The first-order valence-corrected chi connectivity index (χ1v) is 9.42. The largest absolute Gasteiger partial charge is 0.489 e. The molecule has 0 saturated carbocycles. The summed E-state index contributed by atoms with van der Waals surface area (Å²) in [6.07, 6.45) is 3.62. The van der Waals surface area contributed by atoms with E-state index in [2.05, 4.69) is 10.4 Å². The molecule has 3 aromatic carbocycles. The normalized spacial score (nSPS) is 10.5. The number of hydrogen-bond donors (Lipinski definition) is 1. The zero-order valence-electron chi connectivity index (χ0n) is 15.9. The second-order valence-corrected chi connectivity index (χ2v) is 6.56. The van der Waals surface area contributed by atoms with Gasteiger partial charge in [0.05, 0.1) is 5.69 Å². The van der Waals surface area contributed by atoms with Crippen LogP contribution in [0, 0.1) is 0 Å². The molecule has 0 fully saturated rings. The summed E-state index contributed by atoms with van der Waals surface area (Å²) in [4.78, 5) is 12.5. The van der Waals surface area contributed by atoms with Gasteiger partial charge < -0.3 is 10.1 Å². The summed E-state index contributed by atoms with van der Waals surface area (Å²) in [5, 5.41) is 7.25. The number of amides is 1. The van der Waals surface area contributed by atoms with Crippen molar-refractivity contribution < 1.29 is 9.53 Å². The fraction of sp³-hybridized carbons (Fsp3) is 0.0833. The van der Waals surface area contributed by atoms with Crippen LogP contribution in [0.2, 0.25) is 0 Å². The maximum atomic E-state index is 12.5. The van der Waals surface area contributed by atoms with Gasteiger partial charge in [-0.15, -0.1) is 0 Å². The molecule has 1 aromatic heterocycles. The molecular formula is C24H21N3O2. The van der Waals surface area contributed by atoms with Gasteiger partial charge in [-0.25, -0.2) is 4.68 Å². The molecule has 0 aliphatic carbocycles. The smallest absolute Gasteiger partial charge is 0.251 e. The van der Waals surface area contributed by atoms with Gasteiger partial charge in [0.1, 0.15) is 12.4 Å². The Kier molecular flexibility index (Phi) is 5.67. The average Bonchev–Trinajstić information content (AvgIpc) is 3.32. The molecule has 0 saturated heterocycles. The first-order chi connectivity index (χ1) is 14.3. The van der Waals surface area contributed by atoms with Gasteiger partial charge in [0.25, 0.3) is 5.91 Å². The molecule has 0 aliphatic rings. The fourth-order valence-electron chi connectivity index (χ4n) is 3.02. The van der Waals surface area contributed by atoms with E-state index >= 15 is 0 Å². The highest BCUT2D eigenvalue weighted by Gasteiger charge is 2.09. The molecular weight excluding hydrogens is 362 g/mol. The van der Waals surface area contributed by atoms with Crippen molar-refractivity contribution in [1.82, 2.24) is 15.1 Å². The molecule has 0 bridgehead atoms. The molecule has 144 valence electrons. The van der Waals surface area contributed by atoms with Gasteiger partial charge in [0.2, 0.25) is 0 Å². The highest BCUT2D eigenvalue weighted by molar-refractivity contribution is 5.94. The first kappa shape index (κ1) is 18.5. The average molecular weight is 383 g/mol. The second kappa shape index (κ2) is 8.89. The molecule has 1 N–H and O–H groups in total. The number of nitrogens with zero attached hydrogens (tertiary/aromatic N) is 2. The zero-order chi connectivity index (χ0) is 19.9. The van der Waals surface area contributed by atoms with Crippen molar-refractivity contribution in [2.24, 2.45) is 0 Å². The number of ether oxygens (including phenoxy) is 1. The molecule has 1 heterocycles. The summed E-state index contributed by atoms with van der Waals surface area (Å²) in [6.45, 7) is 0.914. The number of benzene rings is 3. The summed E-state index contributed by atoms with van der Waals surface area (Å²) in [5.74, 6) is 0.601. The third-order valence-corrected chi connectivity index (χ3v) is 4.55. The van der Waals surface area contributed by atoms with Gasteiger partial charge in [0.15, 0.2) is 0 Å². The van der Waals surface area contributed by atoms with Crippen LogP contribution in [0.15, 0.2) is 97.3 Å². The maximum Gasteiger partial charge on any atom is 0.251 e. The second-order valence-electron chi connectivity index (χ2n) is 6.56. The molecule has 4 rings (SSSR count). The molecule has 0 spiro atoms. The number of aromatic nitrogens is 2. The summed E-state index contributed by atoms with van der Waals surface area (Å²) >= 11 is 0. The van der Waals surface area contributed by atoms with Crippen molar-refractivity contribution in [2.75, 3.05) is 0 Å². The van der Waals surface area contributed by atoms with Crippen molar-refractivity contribution in [3.05, 3.63) is 114 Å². The summed E-state index contributed by atoms with van der Waals surface area (Å²) in [6, 6.07) is 26.9. The lowest BCUT2D eigenvalue weighted by Gasteiger charge is -2.11. The van der Waals surface area contributed by atoms with E-state index in [0.29, 0.717) is 18.7 Å². The molecule has 0 atom stereocenters. The number of para-hydroxylation sites is 1. The standard InChI is InChI=1S/C24H21N3O2/c28-24(25-17-21-9-4-5-10-23(21)27-16-6-15-26-27)20-11-13-22(14-12-20)29-18-19-7-2-1-3-8-19/h1-16H,17-18H2,(H,25,28). The van der Waals surface area contributed by atoms with Crippen molar-refractivity contribution in [3.8, 4) is 11.4 Å². The Morgan fingerprint density at radius 2 is 1.66 bits per heavy atom. The molecule has 0 radical (unpaired) electrons. The molecule has 4 aromatic rings. The number of rotatable bonds is 7. The van der Waals surface area contributed by atoms with Gasteiger partial charge in [-0.2, -0.15) is 5.10 Å². The van der Waals surface area contributed by atoms with Crippen LogP contribution in [0.25, 0.3) is 5.69 Å². The van der Waals surface area contributed by atoms with Crippen LogP contribution >= 0.6 is 0 Å². The van der Waals surface area contributed by atoms with Crippen molar-refractivity contribution in [1.29, 1.82) is 0 Å². The van der Waals surface area contributed by atoms with Crippen LogP contribution in [0.5, 0.6) is 5.75 Å². The Morgan fingerprint density at radius 3 is 2.41 bits per heavy atom. The lowest BCUT2D eigenvalue weighted by Crippen LogP contribution is -2.23. The molecule has 5 nitrogen and oxygen atoms in total. The fourth-order valence-corrected chi connectivity index (χ4v) is 3.02. The molecule has 29 heavy (non-hydrogen) atoms. The SMILES string of the molecule is O=C(NCc1ccccc1-n1cccn1)c1ccc(OCc2ccccc2)cc1. The quantitative estimate of drug-likeness (QED) is 0.515. The third kappa shape index (κ3) is 4.71. The zero-order valence-corrected chi connectivity index (χ0v) is 15.9. The van der Waals surface area contributed by atoms with Crippen molar-refractivity contribution in [2.45, 2.75) is 13.2 Å². The number of nitrogens with one attached hydrogen (secondary N) is 1. The van der Waals surface area contributed by atoms with Crippen LogP contribution in [0.1, 0.15) is 21.5 Å². The Bertz CT molecular complexity index is 1060. The van der Waals surface area contributed by atoms with E-state index in [0.717, 1.165) is 22.6 Å². The number of hydrogen-bond acceptors (Lipinski definition) is 3. The van der Waals surface area contributed by atoms with E-state index in [1.807, 2.05) is 79.0 Å². The van der Waals surface area contributed by atoms with Gasteiger partial charge in [0, 0.05) is 24.5 Å². The Hall–Kier alpha value is -3.86. The van der Waals surface area contributed by atoms with Crippen LogP contribution in [0.3, 0.4) is 0 Å². The molecule has 0 aliphatic heterocycles. The van der Waals surface area contributed by atoms with Crippen LogP contribution in [-0.2, 0) is 13.2 Å². The van der Waals surface area contributed by atoms with Gasteiger partial charge in [-0.3, -0.25) is 4.79 Å². The number of carbonyl (C=O) groups is 1. The third-order valence-electron chi connectivity index (χ3n) is 4.55. The Labute approximate surface area is 169 Å².